The van der Waals surface area contributed by atoms with Crippen molar-refractivity contribution in [1.29, 1.82) is 0 Å². The van der Waals surface area contributed by atoms with Gasteiger partial charge in [0.15, 0.2) is 0 Å². The molecule has 0 saturated heterocycles. The van der Waals surface area contributed by atoms with Crippen molar-refractivity contribution in [3.8, 4) is 0 Å². The summed E-state index contributed by atoms with van der Waals surface area (Å²) in [5, 5.41) is 2.31. The molecule has 0 saturated carbocycles. The van der Waals surface area contributed by atoms with Crippen LogP contribution in [-0.2, 0) is 15.7 Å². The maximum atomic E-state index is 12.6. The van der Waals surface area contributed by atoms with Gasteiger partial charge in [0, 0.05) is 17.3 Å². The number of methoxy groups -OCH3 is 1. The highest BCUT2D eigenvalue weighted by atomic mass is 79.9. The highest BCUT2D eigenvalue weighted by molar-refractivity contribution is 9.10. The van der Waals surface area contributed by atoms with E-state index in [2.05, 4.69) is 26.0 Å². The molecule has 8 heteroatoms. The Morgan fingerprint density at radius 2 is 2.11 bits per heavy atom. The number of alkyl halides is 3. The number of amides is 1. The number of benzene rings is 1. The van der Waals surface area contributed by atoms with Crippen LogP contribution in [0.25, 0.3) is 0 Å². The number of carbonyl (C=O) groups is 1. The van der Waals surface area contributed by atoms with Gasteiger partial charge in [-0.25, -0.2) is 0 Å². The minimum Gasteiger partial charge on any atom is -0.383 e. The first-order chi connectivity index (χ1) is 8.74. The molecule has 4 nitrogen and oxygen atoms in total. The van der Waals surface area contributed by atoms with Crippen LogP contribution in [-0.4, -0.2) is 25.7 Å². The Kier molecular flexibility index (Phi) is 5.33. The summed E-state index contributed by atoms with van der Waals surface area (Å²) in [4.78, 5) is 11.6. The highest BCUT2D eigenvalue weighted by Gasteiger charge is 2.31. The van der Waals surface area contributed by atoms with Crippen molar-refractivity contribution in [3.63, 3.8) is 0 Å². The maximum absolute atomic E-state index is 12.6. The lowest BCUT2D eigenvalue weighted by Gasteiger charge is -2.13. The van der Waals surface area contributed by atoms with Crippen LogP contribution >= 0.6 is 15.9 Å². The fourth-order valence-electron chi connectivity index (χ4n) is 1.32. The Bertz CT molecular complexity index is 466. The summed E-state index contributed by atoms with van der Waals surface area (Å²) in [6, 6.07) is 2.16. The lowest BCUT2D eigenvalue weighted by atomic mass is 10.2. The van der Waals surface area contributed by atoms with Crippen molar-refractivity contribution >= 4 is 27.5 Å². The van der Waals surface area contributed by atoms with Crippen molar-refractivity contribution in [2.45, 2.75) is 12.2 Å². The number of carbonyl (C=O) groups excluding carboxylic acids is 1. The third kappa shape index (κ3) is 4.81. The van der Waals surface area contributed by atoms with Crippen LogP contribution in [0.4, 0.5) is 18.9 Å². The van der Waals surface area contributed by atoms with Crippen molar-refractivity contribution < 1.29 is 22.7 Å². The second kappa shape index (κ2) is 6.36. The Balaban J connectivity index is 2.90. The van der Waals surface area contributed by atoms with Crippen molar-refractivity contribution in [1.82, 2.24) is 0 Å². The van der Waals surface area contributed by atoms with E-state index >= 15 is 0 Å². The highest BCUT2D eigenvalue weighted by Crippen LogP contribution is 2.33. The SMILES string of the molecule is COCC(N)C(=O)Nc1cc(Br)cc(C(F)(F)F)c1. The molecular formula is C11H12BrF3N2O2. The fraction of sp³-hybridized carbons (Fsp3) is 0.364. The second-order valence-corrected chi connectivity index (χ2v) is 4.69. The van der Waals surface area contributed by atoms with E-state index in [0.29, 0.717) is 0 Å². The van der Waals surface area contributed by atoms with Crippen LogP contribution in [0.1, 0.15) is 5.56 Å². The molecule has 3 N–H and O–H groups in total. The molecule has 0 bridgehead atoms. The second-order valence-electron chi connectivity index (χ2n) is 3.78. The van der Waals surface area contributed by atoms with E-state index in [0.717, 1.165) is 12.1 Å². The Morgan fingerprint density at radius 1 is 1.47 bits per heavy atom. The zero-order valence-electron chi connectivity index (χ0n) is 9.92. The predicted molar refractivity (Wildman–Crippen MR) is 67.6 cm³/mol. The van der Waals surface area contributed by atoms with E-state index in [9.17, 15) is 18.0 Å². The topological polar surface area (TPSA) is 64.3 Å². The van der Waals surface area contributed by atoms with E-state index in [1.807, 2.05) is 0 Å². The Labute approximate surface area is 116 Å². The van der Waals surface area contributed by atoms with Crippen LogP contribution in [0, 0.1) is 0 Å². The minimum absolute atomic E-state index is 0.0123. The molecule has 1 aromatic rings. The van der Waals surface area contributed by atoms with E-state index in [4.69, 9.17) is 5.73 Å². The van der Waals surface area contributed by atoms with Crippen LogP contribution in [0.5, 0.6) is 0 Å². The van der Waals surface area contributed by atoms with Crippen LogP contribution in [0.3, 0.4) is 0 Å². The number of hydrogen-bond donors (Lipinski definition) is 2. The summed E-state index contributed by atoms with van der Waals surface area (Å²) < 4.78 is 42.7. The van der Waals surface area contributed by atoms with Crippen molar-refractivity contribution in [2.75, 3.05) is 19.0 Å². The van der Waals surface area contributed by atoms with Gasteiger partial charge in [-0.3, -0.25) is 4.79 Å². The van der Waals surface area contributed by atoms with Gasteiger partial charge >= 0.3 is 6.18 Å². The summed E-state index contributed by atoms with van der Waals surface area (Å²) in [7, 11) is 1.37. The standard InChI is InChI=1S/C11H12BrF3N2O2/c1-19-5-9(16)10(18)17-8-3-6(11(13,14)15)2-7(12)4-8/h2-4,9H,5,16H2,1H3,(H,17,18). The van der Waals surface area contributed by atoms with Crippen LogP contribution < -0.4 is 11.1 Å². The average molecular weight is 341 g/mol. The maximum Gasteiger partial charge on any atom is 0.416 e. The van der Waals surface area contributed by atoms with Crippen LogP contribution in [0.15, 0.2) is 22.7 Å². The lowest BCUT2D eigenvalue weighted by Crippen LogP contribution is -2.39. The van der Waals surface area contributed by atoms with E-state index in [1.54, 1.807) is 0 Å². The normalized spacial score (nSPS) is 13.2. The molecule has 0 radical (unpaired) electrons. The predicted octanol–water partition coefficient (Wildman–Crippen LogP) is 2.38. The smallest absolute Gasteiger partial charge is 0.383 e. The summed E-state index contributed by atoms with van der Waals surface area (Å²) in [6.45, 7) is -0.0219. The molecule has 106 valence electrons. The van der Waals surface area contributed by atoms with Crippen LogP contribution in [0.2, 0.25) is 0 Å². The van der Waals surface area contributed by atoms with Gasteiger partial charge < -0.3 is 15.8 Å². The quantitative estimate of drug-likeness (QED) is 0.884. The summed E-state index contributed by atoms with van der Waals surface area (Å²) in [5.74, 6) is -0.618. The number of anilines is 1. The molecule has 1 rings (SSSR count). The largest absolute Gasteiger partial charge is 0.416 e. The number of rotatable bonds is 4. The van der Waals surface area contributed by atoms with E-state index in [1.165, 1.54) is 13.2 Å². The number of ether oxygens (including phenoxy) is 1. The minimum atomic E-state index is -4.49. The number of nitrogens with one attached hydrogen (secondary N) is 1. The molecular weight excluding hydrogens is 329 g/mol. The number of halogens is 4. The van der Waals surface area contributed by atoms with Gasteiger partial charge in [-0.15, -0.1) is 0 Å². The Hall–Kier alpha value is -1.12. The van der Waals surface area contributed by atoms with Gasteiger partial charge in [0.2, 0.25) is 5.91 Å². The molecule has 19 heavy (non-hydrogen) atoms. The Morgan fingerprint density at radius 3 is 2.63 bits per heavy atom. The number of hydrogen-bond acceptors (Lipinski definition) is 3. The van der Waals surface area contributed by atoms with Gasteiger partial charge in [0.05, 0.1) is 12.2 Å². The average Bonchev–Trinajstić information content (AvgIpc) is 2.27. The third-order valence-corrected chi connectivity index (χ3v) is 2.63. The molecule has 1 unspecified atom stereocenters. The molecule has 0 spiro atoms. The summed E-state index contributed by atoms with van der Waals surface area (Å²) >= 11 is 2.96. The molecule has 1 aromatic carbocycles. The molecule has 0 aliphatic rings. The first-order valence-corrected chi connectivity index (χ1v) is 5.96. The lowest BCUT2D eigenvalue weighted by molar-refractivity contribution is -0.137. The molecule has 1 atom stereocenters. The third-order valence-electron chi connectivity index (χ3n) is 2.18. The molecule has 0 aromatic heterocycles. The van der Waals surface area contributed by atoms with E-state index in [-0.39, 0.29) is 16.8 Å². The van der Waals surface area contributed by atoms with Crippen molar-refractivity contribution in [3.05, 3.63) is 28.2 Å². The molecule has 0 fully saturated rings. The molecule has 0 heterocycles. The molecule has 0 aliphatic carbocycles. The van der Waals surface area contributed by atoms with Gasteiger partial charge in [0.25, 0.3) is 0 Å². The fourth-order valence-corrected chi connectivity index (χ4v) is 1.81. The number of nitrogens with two attached hydrogens (primary N) is 1. The zero-order valence-corrected chi connectivity index (χ0v) is 11.5. The molecule has 1 amide bonds. The summed E-state index contributed by atoms with van der Waals surface area (Å²) in [5.41, 5.74) is 4.62. The molecule has 0 aliphatic heterocycles. The van der Waals surface area contributed by atoms with Gasteiger partial charge in [-0.05, 0) is 18.2 Å². The summed E-state index contributed by atoms with van der Waals surface area (Å²) in [6.07, 6.45) is -4.49. The first-order valence-electron chi connectivity index (χ1n) is 5.17. The van der Waals surface area contributed by atoms with Crippen molar-refractivity contribution in [2.24, 2.45) is 5.73 Å². The zero-order chi connectivity index (χ0) is 14.6. The van der Waals surface area contributed by atoms with E-state index < -0.39 is 23.7 Å². The van der Waals surface area contributed by atoms with Gasteiger partial charge in [0.1, 0.15) is 6.04 Å². The monoisotopic (exact) mass is 340 g/mol. The first kappa shape index (κ1) is 15.9. The van der Waals surface area contributed by atoms with Gasteiger partial charge in [-0.2, -0.15) is 13.2 Å². The van der Waals surface area contributed by atoms with Gasteiger partial charge in [-0.1, -0.05) is 15.9 Å².